The number of hydrogen-bond donors (Lipinski definition) is 1. The van der Waals surface area contributed by atoms with E-state index in [1.807, 2.05) is 43.5 Å². The third-order valence-corrected chi connectivity index (χ3v) is 10.5. The predicted octanol–water partition coefficient (Wildman–Crippen LogP) is 6.18. The number of aromatic hydroxyl groups is 1. The van der Waals surface area contributed by atoms with Crippen molar-refractivity contribution in [1.29, 1.82) is 0 Å². The minimum absolute atomic E-state index is 0. The molecular weight excluding hydrogens is 666 g/mol. The molecule has 0 bridgehead atoms. The molecule has 0 radical (unpaired) electrons. The number of rotatable bonds is 4. The van der Waals surface area contributed by atoms with Crippen LogP contribution in [0.1, 0.15) is 11.1 Å². The molecule has 6 aromatic rings. The molecule has 38 heavy (non-hydrogen) atoms. The van der Waals surface area contributed by atoms with Crippen LogP contribution in [-0.2, 0) is 21.1 Å². The SMILES string of the molecule is Cc1cc(C)c(O)c(-n2c3ccccc3c3ccc(-c4[c-]c([Si](C)(C)c5ccccn5)ccc4)nc32)c1.[Pt]. The molecule has 0 spiro atoms. The number of pyridine rings is 2. The van der Waals surface area contributed by atoms with Crippen LogP contribution in [0.25, 0.3) is 38.9 Å². The third kappa shape index (κ3) is 4.30. The smallest absolute Gasteiger partial charge is 0.142 e. The van der Waals surface area contributed by atoms with Crippen LogP contribution in [0.4, 0.5) is 0 Å². The van der Waals surface area contributed by atoms with Gasteiger partial charge in [0, 0.05) is 43.4 Å². The van der Waals surface area contributed by atoms with Gasteiger partial charge in [-0.25, -0.2) is 0 Å². The van der Waals surface area contributed by atoms with Gasteiger partial charge in [-0.1, -0.05) is 55.6 Å². The molecule has 192 valence electrons. The van der Waals surface area contributed by atoms with Crippen LogP contribution in [0.15, 0.2) is 91.1 Å². The topological polar surface area (TPSA) is 50.9 Å². The summed E-state index contributed by atoms with van der Waals surface area (Å²) in [5, 5.41) is 15.6. The van der Waals surface area contributed by atoms with Gasteiger partial charge in [0.1, 0.15) is 19.5 Å². The molecule has 0 saturated heterocycles. The molecule has 0 fully saturated rings. The quantitative estimate of drug-likeness (QED) is 0.177. The summed E-state index contributed by atoms with van der Waals surface area (Å²) < 4.78 is 2.08. The Labute approximate surface area is 238 Å². The van der Waals surface area contributed by atoms with Crippen LogP contribution in [-0.4, -0.2) is 27.7 Å². The van der Waals surface area contributed by atoms with Crippen molar-refractivity contribution in [3.63, 3.8) is 0 Å². The van der Waals surface area contributed by atoms with E-state index in [1.165, 1.54) is 5.19 Å². The Morgan fingerprint density at radius 2 is 1.63 bits per heavy atom. The van der Waals surface area contributed by atoms with Crippen molar-refractivity contribution in [2.75, 3.05) is 0 Å². The second-order valence-electron chi connectivity index (χ2n) is 10.2. The summed E-state index contributed by atoms with van der Waals surface area (Å²) in [4.78, 5) is 9.84. The van der Waals surface area contributed by atoms with Gasteiger partial charge < -0.3 is 5.11 Å². The summed E-state index contributed by atoms with van der Waals surface area (Å²) in [5.74, 6) is 0.275. The Bertz CT molecular complexity index is 1790. The van der Waals surface area contributed by atoms with E-state index in [4.69, 9.17) is 4.98 Å². The van der Waals surface area contributed by atoms with Crippen molar-refractivity contribution >= 4 is 40.5 Å². The number of fused-ring (bicyclic) bond motifs is 3. The van der Waals surface area contributed by atoms with Crippen molar-refractivity contribution in [2.45, 2.75) is 26.9 Å². The van der Waals surface area contributed by atoms with Crippen molar-refractivity contribution < 1.29 is 26.2 Å². The Balaban J connectivity index is 0.00000294. The minimum atomic E-state index is -2.02. The molecule has 4 nitrogen and oxygen atoms in total. The van der Waals surface area contributed by atoms with E-state index in [1.54, 1.807) is 0 Å². The normalized spacial score (nSPS) is 11.6. The second kappa shape index (κ2) is 9.97. The second-order valence-corrected chi connectivity index (χ2v) is 14.5. The Morgan fingerprint density at radius 1 is 0.842 bits per heavy atom. The largest absolute Gasteiger partial charge is 0.505 e. The van der Waals surface area contributed by atoms with Crippen molar-refractivity contribution in [2.24, 2.45) is 0 Å². The van der Waals surface area contributed by atoms with E-state index in [2.05, 4.69) is 90.2 Å². The Hall–Kier alpha value is -3.53. The molecule has 3 aromatic carbocycles. The molecular formula is C32H28N3OPtSi-. The Kier molecular flexibility index (Phi) is 6.85. The number of benzene rings is 3. The summed E-state index contributed by atoms with van der Waals surface area (Å²) in [7, 11) is -2.02. The monoisotopic (exact) mass is 693 g/mol. The molecule has 3 heterocycles. The average Bonchev–Trinajstić information content (AvgIpc) is 3.25. The summed E-state index contributed by atoms with van der Waals surface area (Å²) in [5.41, 5.74) is 6.33. The summed E-state index contributed by atoms with van der Waals surface area (Å²) in [6, 6.07) is 32.6. The fourth-order valence-electron chi connectivity index (χ4n) is 5.19. The molecule has 6 rings (SSSR count). The zero-order valence-electron chi connectivity index (χ0n) is 21.8. The van der Waals surface area contributed by atoms with Gasteiger partial charge in [0.15, 0.2) is 0 Å². The number of para-hydroxylation sites is 1. The van der Waals surface area contributed by atoms with E-state index in [0.29, 0.717) is 0 Å². The van der Waals surface area contributed by atoms with Crippen molar-refractivity contribution in [3.8, 4) is 22.7 Å². The number of aryl methyl sites for hydroxylation is 2. The molecule has 0 aliphatic rings. The van der Waals surface area contributed by atoms with Gasteiger partial charge in [-0.15, -0.1) is 35.0 Å². The van der Waals surface area contributed by atoms with Gasteiger partial charge in [-0.2, -0.15) is 0 Å². The van der Waals surface area contributed by atoms with Crippen LogP contribution in [0.2, 0.25) is 13.1 Å². The van der Waals surface area contributed by atoms with Crippen LogP contribution in [0.5, 0.6) is 5.75 Å². The molecule has 0 aliphatic carbocycles. The minimum Gasteiger partial charge on any atom is -0.505 e. The zero-order valence-corrected chi connectivity index (χ0v) is 25.0. The van der Waals surface area contributed by atoms with Gasteiger partial charge in [0.05, 0.1) is 11.2 Å². The predicted molar refractivity (Wildman–Crippen MR) is 155 cm³/mol. The molecule has 0 amide bonds. The fraction of sp³-hybridized carbons (Fsp3) is 0.125. The first-order chi connectivity index (χ1) is 17.8. The maximum atomic E-state index is 11.1. The molecule has 3 aromatic heterocycles. The zero-order chi connectivity index (χ0) is 25.7. The third-order valence-electron chi connectivity index (χ3n) is 7.24. The average molecular weight is 694 g/mol. The first kappa shape index (κ1) is 26.1. The number of nitrogens with zero attached hydrogens (tertiary/aromatic N) is 3. The number of aromatic nitrogens is 3. The van der Waals surface area contributed by atoms with Gasteiger partial charge in [-0.3, -0.25) is 14.5 Å². The van der Waals surface area contributed by atoms with Crippen molar-refractivity contribution in [3.05, 3.63) is 108 Å². The van der Waals surface area contributed by atoms with E-state index in [9.17, 15) is 5.11 Å². The van der Waals surface area contributed by atoms with Crippen LogP contribution >= 0.6 is 0 Å². The molecule has 6 heteroatoms. The molecule has 0 unspecified atom stereocenters. The molecule has 1 N–H and O–H groups in total. The molecule has 0 aliphatic heterocycles. The van der Waals surface area contributed by atoms with E-state index >= 15 is 0 Å². The standard InChI is InChI=1S/C32H28N3OSi.Pt/c1-21-18-22(2)31(36)29(19-21)35-28-13-6-5-12-25(28)26-15-16-27(34-32(26)35)23-10-9-11-24(20-23)37(3,4)30-14-7-8-17-33-30;/h5-19,36H,1-4H3;/q-1;. The van der Waals surface area contributed by atoms with Crippen molar-refractivity contribution in [1.82, 2.24) is 14.5 Å². The van der Waals surface area contributed by atoms with Gasteiger partial charge >= 0.3 is 0 Å². The van der Waals surface area contributed by atoms with Crippen LogP contribution < -0.4 is 10.5 Å². The van der Waals surface area contributed by atoms with E-state index in [0.717, 1.165) is 55.3 Å². The molecule has 0 atom stereocenters. The van der Waals surface area contributed by atoms with Crippen LogP contribution in [0.3, 0.4) is 0 Å². The number of hydrogen-bond acceptors (Lipinski definition) is 3. The maximum absolute atomic E-state index is 11.1. The summed E-state index contributed by atoms with van der Waals surface area (Å²) >= 11 is 0. The first-order valence-electron chi connectivity index (χ1n) is 12.5. The molecule has 0 saturated carbocycles. The van der Waals surface area contributed by atoms with E-state index < -0.39 is 8.07 Å². The summed E-state index contributed by atoms with van der Waals surface area (Å²) in [6.07, 6.45) is 1.87. The van der Waals surface area contributed by atoms with Crippen LogP contribution in [0, 0.1) is 19.9 Å². The van der Waals surface area contributed by atoms with Gasteiger partial charge in [-0.05, 0) is 54.9 Å². The van der Waals surface area contributed by atoms with Gasteiger partial charge in [0.2, 0.25) is 0 Å². The van der Waals surface area contributed by atoms with Gasteiger partial charge in [0.25, 0.3) is 0 Å². The first-order valence-corrected chi connectivity index (χ1v) is 15.5. The summed E-state index contributed by atoms with van der Waals surface area (Å²) in [6.45, 7) is 8.60. The maximum Gasteiger partial charge on any atom is 0.142 e. The number of phenols is 1. The number of phenolic OH excluding ortho intramolecular Hbond substituents is 1. The van der Waals surface area contributed by atoms with E-state index in [-0.39, 0.29) is 26.8 Å². The Morgan fingerprint density at radius 3 is 2.42 bits per heavy atom. The fourth-order valence-corrected chi connectivity index (χ4v) is 7.34.